The van der Waals surface area contributed by atoms with Crippen molar-refractivity contribution >= 4 is 23.4 Å². The lowest BCUT2D eigenvalue weighted by Gasteiger charge is -2.57. The molecule has 4 nitrogen and oxygen atoms in total. The predicted octanol–water partition coefficient (Wildman–Crippen LogP) is 3.20. The molecule has 1 saturated heterocycles. The molecule has 0 bridgehead atoms. The molecule has 1 aliphatic heterocycles. The van der Waals surface area contributed by atoms with Crippen LogP contribution in [0.25, 0.3) is 0 Å². The molecule has 1 heterocycles. The zero-order chi connectivity index (χ0) is 17.6. The smallest absolute Gasteiger partial charge is 0.243 e. The first-order valence-corrected chi connectivity index (χ1v) is 9.43. The van der Waals surface area contributed by atoms with E-state index in [1.165, 1.54) is 6.08 Å². The maximum Gasteiger partial charge on any atom is 0.243 e. The van der Waals surface area contributed by atoms with Gasteiger partial charge in [0.2, 0.25) is 11.8 Å². The lowest BCUT2D eigenvalue weighted by molar-refractivity contribution is -0.149. The second-order valence-corrected chi connectivity index (χ2v) is 7.96. The molecule has 0 radical (unpaired) electrons. The molecule has 1 aromatic carbocycles. The fourth-order valence-corrected chi connectivity index (χ4v) is 5.05. The minimum absolute atomic E-state index is 0.0505. The maximum atomic E-state index is 13.2. The number of piperidine rings is 1. The number of carbonyl (C=O) groups is 2. The molecule has 1 N–H and O–H groups in total. The molecule has 1 spiro atoms. The number of nitrogens with zero attached hydrogens (tertiary/aromatic N) is 1. The first-order chi connectivity index (χ1) is 12.0. The van der Waals surface area contributed by atoms with Crippen molar-refractivity contribution in [3.8, 4) is 0 Å². The summed E-state index contributed by atoms with van der Waals surface area (Å²) in [6.45, 7) is 4.33. The number of hydrogen-bond acceptors (Lipinski definition) is 2. The van der Waals surface area contributed by atoms with Crippen LogP contribution in [0.4, 0.5) is 0 Å². The van der Waals surface area contributed by atoms with Crippen molar-refractivity contribution in [3.05, 3.63) is 47.0 Å². The summed E-state index contributed by atoms with van der Waals surface area (Å²) in [6.07, 6.45) is 7.02. The van der Waals surface area contributed by atoms with Gasteiger partial charge in [-0.05, 0) is 61.8 Å². The van der Waals surface area contributed by atoms with Crippen LogP contribution >= 0.6 is 11.6 Å². The number of carbonyl (C=O) groups excluding carboxylic acids is 2. The summed E-state index contributed by atoms with van der Waals surface area (Å²) in [4.78, 5) is 26.9. The number of likely N-dealkylation sites (tertiary alicyclic amines) is 1. The minimum Gasteiger partial charge on any atom is -0.350 e. The number of benzene rings is 1. The van der Waals surface area contributed by atoms with Gasteiger partial charge in [-0.15, -0.1) is 0 Å². The van der Waals surface area contributed by atoms with E-state index in [1.54, 1.807) is 0 Å². The fourth-order valence-electron chi connectivity index (χ4n) is 4.79. The third kappa shape index (κ3) is 2.67. The van der Waals surface area contributed by atoms with Crippen molar-refractivity contribution in [2.75, 3.05) is 6.54 Å². The third-order valence-electron chi connectivity index (χ3n) is 6.13. The molecule has 1 unspecified atom stereocenters. The van der Waals surface area contributed by atoms with E-state index in [1.807, 2.05) is 18.2 Å². The van der Waals surface area contributed by atoms with Crippen LogP contribution in [0.5, 0.6) is 0 Å². The van der Waals surface area contributed by atoms with Crippen LogP contribution in [0, 0.1) is 0 Å². The lowest BCUT2D eigenvalue weighted by Crippen LogP contribution is -2.67. The molecule has 3 aliphatic rings. The van der Waals surface area contributed by atoms with Gasteiger partial charge < -0.3 is 10.2 Å². The second kappa shape index (κ2) is 6.17. The normalized spacial score (nSPS) is 30.0. The van der Waals surface area contributed by atoms with Crippen LogP contribution in [0.1, 0.15) is 49.1 Å². The van der Waals surface area contributed by atoms with E-state index < -0.39 is 0 Å². The van der Waals surface area contributed by atoms with Gasteiger partial charge in [-0.3, -0.25) is 9.59 Å². The Morgan fingerprint density at radius 2 is 2.12 bits per heavy atom. The van der Waals surface area contributed by atoms with Gasteiger partial charge in [0.15, 0.2) is 0 Å². The van der Waals surface area contributed by atoms with E-state index in [-0.39, 0.29) is 29.3 Å². The highest BCUT2D eigenvalue weighted by molar-refractivity contribution is 6.31. The molecule has 132 valence electrons. The highest BCUT2D eigenvalue weighted by atomic mass is 35.5. The predicted molar refractivity (Wildman–Crippen MR) is 97.6 cm³/mol. The van der Waals surface area contributed by atoms with Gasteiger partial charge in [0.05, 0.1) is 5.92 Å². The van der Waals surface area contributed by atoms with E-state index in [9.17, 15) is 9.59 Å². The third-order valence-corrected chi connectivity index (χ3v) is 6.49. The number of rotatable bonds is 3. The van der Waals surface area contributed by atoms with E-state index >= 15 is 0 Å². The van der Waals surface area contributed by atoms with Gasteiger partial charge in [0.25, 0.3) is 0 Å². The van der Waals surface area contributed by atoms with E-state index in [0.29, 0.717) is 0 Å². The van der Waals surface area contributed by atoms with Crippen LogP contribution < -0.4 is 5.32 Å². The van der Waals surface area contributed by atoms with Crippen LogP contribution in [0.3, 0.4) is 0 Å². The zero-order valence-corrected chi connectivity index (χ0v) is 15.0. The standard InChI is InChI=1S/C20H23ClN2O2/c1-2-18(24)22-13-11-20(12-13)8-3-4-9-23(20)19(25)16-10-15-14(16)6-5-7-17(15)21/h2,5-7,13,16H,1,3-4,8-12H2,(H,22,24). The SMILES string of the molecule is C=CC(=O)NC1CC2(CCCCN2C(=O)C2Cc3c(Cl)cccc32)C1. The Morgan fingerprint density at radius 3 is 2.88 bits per heavy atom. The van der Waals surface area contributed by atoms with Crippen LogP contribution in [0.15, 0.2) is 30.9 Å². The minimum atomic E-state index is -0.129. The van der Waals surface area contributed by atoms with Gasteiger partial charge in [-0.2, -0.15) is 0 Å². The molecule has 5 heteroatoms. The molecule has 4 rings (SSSR count). The van der Waals surface area contributed by atoms with E-state index in [0.717, 1.165) is 61.2 Å². The Balaban J connectivity index is 1.48. The van der Waals surface area contributed by atoms with E-state index in [2.05, 4.69) is 16.8 Å². The van der Waals surface area contributed by atoms with Crippen LogP contribution in [-0.2, 0) is 16.0 Å². The lowest BCUT2D eigenvalue weighted by atomic mass is 9.65. The largest absolute Gasteiger partial charge is 0.350 e. The maximum absolute atomic E-state index is 13.2. The monoisotopic (exact) mass is 358 g/mol. The molecular weight excluding hydrogens is 336 g/mol. The Labute approximate surface area is 153 Å². The summed E-state index contributed by atoms with van der Waals surface area (Å²) >= 11 is 6.22. The molecule has 1 aromatic rings. The van der Waals surface area contributed by atoms with Crippen molar-refractivity contribution in [2.24, 2.45) is 0 Å². The molecule has 2 amide bonds. The molecule has 2 fully saturated rings. The summed E-state index contributed by atoms with van der Waals surface area (Å²) < 4.78 is 0. The van der Waals surface area contributed by atoms with Crippen LogP contribution in [-0.4, -0.2) is 34.8 Å². The summed E-state index contributed by atoms with van der Waals surface area (Å²) in [5.74, 6) is 0.0598. The first kappa shape index (κ1) is 16.6. The number of fused-ring (bicyclic) bond motifs is 1. The Hall–Kier alpha value is -1.81. The average molecular weight is 359 g/mol. The molecule has 1 atom stereocenters. The number of hydrogen-bond donors (Lipinski definition) is 1. The molecular formula is C20H23ClN2O2. The summed E-state index contributed by atoms with van der Waals surface area (Å²) in [5.41, 5.74) is 2.15. The Kier molecular flexibility index (Phi) is 4.11. The molecule has 0 aromatic heterocycles. The molecule has 25 heavy (non-hydrogen) atoms. The quantitative estimate of drug-likeness (QED) is 0.843. The fraction of sp³-hybridized carbons (Fsp3) is 0.500. The van der Waals surface area contributed by atoms with Gasteiger partial charge >= 0.3 is 0 Å². The topological polar surface area (TPSA) is 49.4 Å². The zero-order valence-electron chi connectivity index (χ0n) is 14.3. The van der Waals surface area contributed by atoms with Gasteiger partial charge in [-0.1, -0.05) is 30.3 Å². The second-order valence-electron chi connectivity index (χ2n) is 7.55. The number of nitrogens with one attached hydrogen (secondary N) is 1. The van der Waals surface area contributed by atoms with Crippen molar-refractivity contribution in [3.63, 3.8) is 0 Å². The Morgan fingerprint density at radius 1 is 1.32 bits per heavy atom. The van der Waals surface area contributed by atoms with Gasteiger partial charge in [0.1, 0.15) is 0 Å². The number of amides is 2. The Bertz CT molecular complexity index is 739. The van der Waals surface area contributed by atoms with Crippen molar-refractivity contribution in [2.45, 2.75) is 56.0 Å². The molecule has 2 aliphatic carbocycles. The summed E-state index contributed by atoms with van der Waals surface area (Å²) in [5, 5.41) is 3.73. The van der Waals surface area contributed by atoms with Crippen molar-refractivity contribution < 1.29 is 9.59 Å². The highest BCUT2D eigenvalue weighted by Crippen LogP contribution is 2.48. The van der Waals surface area contributed by atoms with Gasteiger partial charge in [-0.25, -0.2) is 0 Å². The van der Waals surface area contributed by atoms with Crippen molar-refractivity contribution in [1.82, 2.24) is 10.2 Å². The van der Waals surface area contributed by atoms with E-state index in [4.69, 9.17) is 11.6 Å². The summed E-state index contributed by atoms with van der Waals surface area (Å²) in [6, 6.07) is 6.00. The van der Waals surface area contributed by atoms with Gasteiger partial charge in [0, 0.05) is 23.1 Å². The van der Waals surface area contributed by atoms with Crippen molar-refractivity contribution in [1.29, 1.82) is 0 Å². The highest BCUT2D eigenvalue weighted by Gasteiger charge is 2.53. The number of halogens is 1. The first-order valence-electron chi connectivity index (χ1n) is 9.06. The molecule has 1 saturated carbocycles. The van der Waals surface area contributed by atoms with Crippen LogP contribution in [0.2, 0.25) is 5.02 Å². The average Bonchev–Trinajstić information content (AvgIpc) is 2.55. The summed E-state index contributed by atoms with van der Waals surface area (Å²) in [7, 11) is 0.